The number of aliphatic carboxylic acids is 2. The number of unbranched alkanes of at least 4 members (excludes halogenated alkanes) is 1. The van der Waals surface area contributed by atoms with Crippen LogP contribution >= 0.6 is 0 Å². The summed E-state index contributed by atoms with van der Waals surface area (Å²) in [6.07, 6.45) is 2.72. The third-order valence-corrected chi connectivity index (χ3v) is 2.33. The molecule has 0 aromatic heterocycles. The molecule has 0 bridgehead atoms. The van der Waals surface area contributed by atoms with Gasteiger partial charge in [0.25, 0.3) is 0 Å². The number of carbonyl (C=O) groups is 2. The molecule has 0 aliphatic rings. The van der Waals surface area contributed by atoms with Crippen LogP contribution in [0.4, 0.5) is 0 Å². The van der Waals surface area contributed by atoms with Gasteiger partial charge in [0.05, 0.1) is 0 Å². The van der Waals surface area contributed by atoms with E-state index in [9.17, 15) is 9.59 Å². The first kappa shape index (κ1) is 20.1. The standard InChI is InChI=1S/C6H14N2O2.C6H13NO2/c7-4-2-1-3-5(8)6(9)10;1-4(2)3-5(7)6(8)9/h5H,1-4,7-8H2,(H,9,10);4-5H,3,7H2,1-2H3,(H,8,9). The van der Waals surface area contributed by atoms with Gasteiger partial charge >= 0.3 is 11.9 Å². The van der Waals surface area contributed by atoms with Gasteiger partial charge in [0.1, 0.15) is 12.1 Å². The highest BCUT2D eigenvalue weighted by Crippen LogP contribution is 2.01. The van der Waals surface area contributed by atoms with Crippen molar-refractivity contribution in [3.05, 3.63) is 0 Å². The van der Waals surface area contributed by atoms with Crippen molar-refractivity contribution in [1.29, 1.82) is 0 Å². The Bertz CT molecular complexity index is 259. The first-order chi connectivity index (χ1) is 8.72. The Hall–Kier alpha value is -1.18. The van der Waals surface area contributed by atoms with Crippen LogP contribution in [0.15, 0.2) is 0 Å². The summed E-state index contributed by atoms with van der Waals surface area (Å²) in [5, 5.41) is 16.6. The van der Waals surface area contributed by atoms with E-state index >= 15 is 0 Å². The Morgan fingerprint density at radius 3 is 1.74 bits per heavy atom. The minimum absolute atomic E-state index is 0.357. The van der Waals surface area contributed by atoms with Crippen LogP contribution in [0.5, 0.6) is 0 Å². The number of carboxylic acids is 2. The van der Waals surface area contributed by atoms with Crippen LogP contribution in [-0.2, 0) is 9.59 Å². The number of hydrogen-bond donors (Lipinski definition) is 5. The monoisotopic (exact) mass is 277 g/mol. The minimum atomic E-state index is -0.933. The third-order valence-electron chi connectivity index (χ3n) is 2.33. The molecule has 0 amide bonds. The molecule has 0 aromatic carbocycles. The SMILES string of the molecule is CC(C)CC(N)C(=O)O.NCCCCC(N)C(=O)O. The van der Waals surface area contributed by atoms with Gasteiger partial charge in [-0.1, -0.05) is 20.3 Å². The van der Waals surface area contributed by atoms with Gasteiger partial charge in [-0.15, -0.1) is 0 Å². The molecule has 2 unspecified atom stereocenters. The summed E-state index contributed by atoms with van der Waals surface area (Å²) in [7, 11) is 0. The number of nitrogens with two attached hydrogens (primary N) is 3. The summed E-state index contributed by atoms with van der Waals surface area (Å²) in [6.45, 7) is 4.50. The molecular formula is C12H27N3O4. The third kappa shape index (κ3) is 14.8. The second-order valence-electron chi connectivity index (χ2n) is 4.80. The van der Waals surface area contributed by atoms with E-state index in [2.05, 4.69) is 0 Å². The van der Waals surface area contributed by atoms with E-state index in [1.54, 1.807) is 0 Å². The maximum absolute atomic E-state index is 10.1. The zero-order chi connectivity index (χ0) is 15.4. The highest BCUT2D eigenvalue weighted by molar-refractivity contribution is 5.73. The van der Waals surface area contributed by atoms with Crippen molar-refractivity contribution in [3.8, 4) is 0 Å². The molecule has 8 N–H and O–H groups in total. The minimum Gasteiger partial charge on any atom is -0.480 e. The number of carboxylic acid groups (broad SMARTS) is 2. The molecule has 0 heterocycles. The van der Waals surface area contributed by atoms with Crippen molar-refractivity contribution in [2.45, 2.75) is 51.6 Å². The Balaban J connectivity index is 0. The Morgan fingerprint density at radius 1 is 1.00 bits per heavy atom. The zero-order valence-corrected chi connectivity index (χ0v) is 11.7. The molecule has 0 aliphatic carbocycles. The normalized spacial score (nSPS) is 13.4. The first-order valence-electron chi connectivity index (χ1n) is 6.39. The molecule has 0 fully saturated rings. The van der Waals surface area contributed by atoms with Crippen molar-refractivity contribution in [2.24, 2.45) is 23.1 Å². The number of hydrogen-bond acceptors (Lipinski definition) is 5. The van der Waals surface area contributed by atoms with Crippen LogP contribution in [-0.4, -0.2) is 40.8 Å². The first-order valence-corrected chi connectivity index (χ1v) is 6.39. The van der Waals surface area contributed by atoms with E-state index in [1.807, 2.05) is 13.8 Å². The van der Waals surface area contributed by atoms with Gasteiger partial charge in [0.2, 0.25) is 0 Å². The summed E-state index contributed by atoms with van der Waals surface area (Å²) in [4.78, 5) is 20.2. The molecule has 0 spiro atoms. The van der Waals surface area contributed by atoms with Gasteiger partial charge in [0.15, 0.2) is 0 Å². The van der Waals surface area contributed by atoms with Gasteiger partial charge in [0, 0.05) is 0 Å². The van der Waals surface area contributed by atoms with Crippen molar-refractivity contribution in [3.63, 3.8) is 0 Å². The molecule has 0 aromatic rings. The molecule has 0 saturated carbocycles. The maximum atomic E-state index is 10.1. The lowest BCUT2D eigenvalue weighted by Crippen LogP contribution is -2.31. The smallest absolute Gasteiger partial charge is 0.320 e. The van der Waals surface area contributed by atoms with Gasteiger partial charge in [-0.25, -0.2) is 0 Å². The van der Waals surface area contributed by atoms with Crippen LogP contribution < -0.4 is 17.2 Å². The molecule has 0 radical (unpaired) electrons. The lowest BCUT2D eigenvalue weighted by atomic mass is 10.1. The predicted molar refractivity (Wildman–Crippen MR) is 73.6 cm³/mol. The molecule has 7 heteroatoms. The summed E-state index contributed by atoms with van der Waals surface area (Å²) >= 11 is 0. The summed E-state index contributed by atoms with van der Waals surface area (Å²) in [6, 6.07) is -1.41. The summed E-state index contributed by atoms with van der Waals surface area (Å²) in [5.74, 6) is -1.49. The van der Waals surface area contributed by atoms with Crippen LogP contribution in [0.3, 0.4) is 0 Å². The molecule has 114 valence electrons. The molecular weight excluding hydrogens is 250 g/mol. The Labute approximate surface area is 114 Å². The van der Waals surface area contributed by atoms with E-state index in [-0.39, 0.29) is 0 Å². The van der Waals surface area contributed by atoms with E-state index in [1.165, 1.54) is 0 Å². The zero-order valence-electron chi connectivity index (χ0n) is 11.7. The molecule has 0 saturated heterocycles. The van der Waals surface area contributed by atoms with E-state index in [4.69, 9.17) is 27.4 Å². The fraction of sp³-hybridized carbons (Fsp3) is 0.833. The van der Waals surface area contributed by atoms with E-state index < -0.39 is 24.0 Å². The topological polar surface area (TPSA) is 153 Å². The summed E-state index contributed by atoms with van der Waals surface area (Å²) in [5.41, 5.74) is 15.6. The van der Waals surface area contributed by atoms with Crippen LogP contribution in [0.2, 0.25) is 0 Å². The second kappa shape index (κ2) is 11.9. The molecule has 7 nitrogen and oxygen atoms in total. The summed E-state index contributed by atoms with van der Waals surface area (Å²) < 4.78 is 0. The van der Waals surface area contributed by atoms with Crippen molar-refractivity contribution in [1.82, 2.24) is 0 Å². The lowest BCUT2D eigenvalue weighted by molar-refractivity contribution is -0.139. The van der Waals surface area contributed by atoms with Crippen LogP contribution in [0.25, 0.3) is 0 Å². The predicted octanol–water partition coefficient (Wildman–Crippen LogP) is -0.0283. The fourth-order valence-corrected chi connectivity index (χ4v) is 1.24. The largest absolute Gasteiger partial charge is 0.480 e. The highest BCUT2D eigenvalue weighted by Gasteiger charge is 2.12. The quantitative estimate of drug-likeness (QED) is 0.390. The van der Waals surface area contributed by atoms with Gasteiger partial charge < -0.3 is 27.4 Å². The highest BCUT2D eigenvalue weighted by atomic mass is 16.4. The van der Waals surface area contributed by atoms with Crippen molar-refractivity contribution < 1.29 is 19.8 Å². The molecule has 0 rings (SSSR count). The average molecular weight is 277 g/mol. The Kier molecular flexibility index (Phi) is 12.6. The van der Waals surface area contributed by atoms with Crippen molar-refractivity contribution in [2.75, 3.05) is 6.54 Å². The fourth-order valence-electron chi connectivity index (χ4n) is 1.24. The molecule has 19 heavy (non-hydrogen) atoms. The van der Waals surface area contributed by atoms with Gasteiger partial charge in [-0.3, -0.25) is 9.59 Å². The van der Waals surface area contributed by atoms with Gasteiger partial charge in [-0.05, 0) is 31.7 Å². The number of rotatable bonds is 8. The Morgan fingerprint density at radius 2 is 1.47 bits per heavy atom. The van der Waals surface area contributed by atoms with E-state index in [0.717, 1.165) is 12.8 Å². The van der Waals surface area contributed by atoms with Crippen LogP contribution in [0.1, 0.15) is 39.5 Å². The molecule has 2 atom stereocenters. The second-order valence-corrected chi connectivity index (χ2v) is 4.80. The van der Waals surface area contributed by atoms with E-state index in [0.29, 0.717) is 25.3 Å². The van der Waals surface area contributed by atoms with Crippen molar-refractivity contribution >= 4 is 11.9 Å². The maximum Gasteiger partial charge on any atom is 0.320 e. The average Bonchev–Trinajstić information content (AvgIpc) is 2.28. The van der Waals surface area contributed by atoms with Crippen LogP contribution in [0, 0.1) is 5.92 Å². The lowest BCUT2D eigenvalue weighted by Gasteiger charge is -2.07. The molecule has 0 aliphatic heterocycles. The van der Waals surface area contributed by atoms with Gasteiger partial charge in [-0.2, -0.15) is 0 Å².